The van der Waals surface area contributed by atoms with Gasteiger partial charge in [-0.2, -0.15) is 4.98 Å². The van der Waals surface area contributed by atoms with Gasteiger partial charge in [-0.25, -0.2) is 4.98 Å². The van der Waals surface area contributed by atoms with Gasteiger partial charge in [-0.1, -0.05) is 12.8 Å². The number of aromatic nitrogens is 2. The molecular weight excluding hydrogens is 248 g/mol. The van der Waals surface area contributed by atoms with Crippen LogP contribution in [0, 0.1) is 12.8 Å². The van der Waals surface area contributed by atoms with Crippen molar-refractivity contribution in [1.29, 1.82) is 0 Å². The fourth-order valence-electron chi connectivity index (χ4n) is 3.85. The lowest BCUT2D eigenvalue weighted by molar-refractivity contribution is 0.242. The van der Waals surface area contributed by atoms with Crippen molar-refractivity contribution >= 4 is 11.8 Å². The highest BCUT2D eigenvalue weighted by atomic mass is 15.3. The van der Waals surface area contributed by atoms with Crippen LogP contribution in [0.25, 0.3) is 0 Å². The van der Waals surface area contributed by atoms with E-state index in [0.717, 1.165) is 30.8 Å². The highest BCUT2D eigenvalue weighted by Crippen LogP contribution is 2.38. The minimum Gasteiger partial charge on any atom is -0.354 e. The summed E-state index contributed by atoms with van der Waals surface area (Å²) < 4.78 is 0. The lowest BCUT2D eigenvalue weighted by Gasteiger charge is -2.45. The summed E-state index contributed by atoms with van der Waals surface area (Å²) in [6, 6.07) is 0.709. The van der Waals surface area contributed by atoms with E-state index < -0.39 is 0 Å². The summed E-state index contributed by atoms with van der Waals surface area (Å²) >= 11 is 0. The Morgan fingerprint density at radius 1 is 1.25 bits per heavy atom. The van der Waals surface area contributed by atoms with Crippen molar-refractivity contribution < 1.29 is 0 Å². The van der Waals surface area contributed by atoms with Gasteiger partial charge in [0.2, 0.25) is 5.95 Å². The van der Waals surface area contributed by atoms with Crippen LogP contribution in [0.2, 0.25) is 0 Å². The second-order valence-electron chi connectivity index (χ2n) is 6.18. The lowest BCUT2D eigenvalue weighted by Crippen LogP contribution is -2.47. The molecule has 2 fully saturated rings. The first-order valence-electron chi connectivity index (χ1n) is 8.13. The smallest absolute Gasteiger partial charge is 0.224 e. The molecule has 2 unspecified atom stereocenters. The van der Waals surface area contributed by atoms with Crippen LogP contribution in [-0.4, -0.2) is 29.1 Å². The third-order valence-corrected chi connectivity index (χ3v) is 4.80. The minimum atomic E-state index is 0.709. The van der Waals surface area contributed by atoms with Crippen molar-refractivity contribution in [3.05, 3.63) is 11.8 Å². The predicted molar refractivity (Wildman–Crippen MR) is 83.3 cm³/mol. The zero-order valence-corrected chi connectivity index (χ0v) is 12.7. The summed E-state index contributed by atoms with van der Waals surface area (Å²) in [4.78, 5) is 11.7. The highest BCUT2D eigenvalue weighted by molar-refractivity contribution is 5.50. The van der Waals surface area contributed by atoms with Gasteiger partial charge in [-0.05, 0) is 45.4 Å². The Morgan fingerprint density at radius 3 is 2.90 bits per heavy atom. The lowest BCUT2D eigenvalue weighted by atomic mass is 9.78. The van der Waals surface area contributed by atoms with Gasteiger partial charge in [0, 0.05) is 30.9 Å². The van der Waals surface area contributed by atoms with Crippen LogP contribution < -0.4 is 10.2 Å². The summed E-state index contributed by atoms with van der Waals surface area (Å²) in [5, 5.41) is 3.24. The molecule has 2 atom stereocenters. The molecule has 4 heteroatoms. The third-order valence-electron chi connectivity index (χ3n) is 4.80. The molecule has 1 aromatic rings. The van der Waals surface area contributed by atoms with Gasteiger partial charge in [0.05, 0.1) is 0 Å². The van der Waals surface area contributed by atoms with E-state index in [1.165, 1.54) is 44.1 Å². The Bertz CT molecular complexity index is 458. The van der Waals surface area contributed by atoms with E-state index in [0.29, 0.717) is 6.04 Å². The van der Waals surface area contributed by atoms with Crippen LogP contribution in [0.3, 0.4) is 0 Å². The molecule has 0 amide bonds. The summed E-state index contributed by atoms with van der Waals surface area (Å²) in [6.45, 7) is 6.25. The molecular formula is C16H26N4. The van der Waals surface area contributed by atoms with E-state index >= 15 is 0 Å². The van der Waals surface area contributed by atoms with Gasteiger partial charge >= 0.3 is 0 Å². The SMILES string of the molecule is CCNc1ncc(C)c(N2CCCC3CCCCC32)n1. The standard InChI is InChI=1S/C16H26N4/c1-3-17-16-18-11-12(2)15(19-16)20-10-6-8-13-7-4-5-9-14(13)20/h11,13-14H,3-10H2,1-2H3,(H,17,18,19). The first kappa shape index (κ1) is 13.7. The van der Waals surface area contributed by atoms with E-state index in [-0.39, 0.29) is 0 Å². The highest BCUT2D eigenvalue weighted by Gasteiger charge is 2.34. The number of anilines is 2. The number of nitrogens with zero attached hydrogens (tertiary/aromatic N) is 3. The molecule has 3 rings (SSSR count). The molecule has 1 aliphatic heterocycles. The molecule has 1 saturated carbocycles. The molecule has 1 N–H and O–H groups in total. The average Bonchev–Trinajstić information content (AvgIpc) is 2.49. The van der Waals surface area contributed by atoms with Gasteiger partial charge in [0.1, 0.15) is 5.82 Å². The van der Waals surface area contributed by atoms with Crippen LogP contribution >= 0.6 is 0 Å². The van der Waals surface area contributed by atoms with Crippen LogP contribution in [-0.2, 0) is 0 Å². The van der Waals surface area contributed by atoms with Crippen LogP contribution in [0.4, 0.5) is 11.8 Å². The molecule has 1 aliphatic carbocycles. The number of hydrogen-bond acceptors (Lipinski definition) is 4. The number of aryl methyl sites for hydroxylation is 1. The zero-order chi connectivity index (χ0) is 13.9. The molecule has 20 heavy (non-hydrogen) atoms. The molecule has 110 valence electrons. The molecule has 1 saturated heterocycles. The molecule has 0 aromatic carbocycles. The van der Waals surface area contributed by atoms with E-state index in [2.05, 4.69) is 29.0 Å². The van der Waals surface area contributed by atoms with Gasteiger partial charge in [-0.15, -0.1) is 0 Å². The van der Waals surface area contributed by atoms with E-state index in [4.69, 9.17) is 4.98 Å². The Labute approximate surface area is 122 Å². The van der Waals surface area contributed by atoms with Crippen molar-refractivity contribution in [1.82, 2.24) is 9.97 Å². The van der Waals surface area contributed by atoms with E-state index in [1.54, 1.807) is 0 Å². The van der Waals surface area contributed by atoms with Crippen molar-refractivity contribution in [2.24, 2.45) is 5.92 Å². The largest absolute Gasteiger partial charge is 0.354 e. The quantitative estimate of drug-likeness (QED) is 0.917. The first-order chi connectivity index (χ1) is 9.79. The number of fused-ring (bicyclic) bond motifs is 1. The van der Waals surface area contributed by atoms with Crippen LogP contribution in [0.15, 0.2) is 6.20 Å². The third kappa shape index (κ3) is 2.60. The zero-order valence-electron chi connectivity index (χ0n) is 12.7. The molecule has 0 radical (unpaired) electrons. The van der Waals surface area contributed by atoms with Gasteiger partial charge in [0.15, 0.2) is 0 Å². The monoisotopic (exact) mass is 274 g/mol. The Balaban J connectivity index is 1.88. The Morgan fingerprint density at radius 2 is 2.05 bits per heavy atom. The number of piperidine rings is 1. The maximum Gasteiger partial charge on any atom is 0.224 e. The Hall–Kier alpha value is -1.32. The topological polar surface area (TPSA) is 41.1 Å². The van der Waals surface area contributed by atoms with Crippen molar-refractivity contribution in [2.45, 2.75) is 58.4 Å². The van der Waals surface area contributed by atoms with Gasteiger partial charge < -0.3 is 10.2 Å². The maximum atomic E-state index is 4.78. The molecule has 0 spiro atoms. The van der Waals surface area contributed by atoms with Gasteiger partial charge in [-0.3, -0.25) is 0 Å². The first-order valence-corrected chi connectivity index (χ1v) is 8.13. The molecule has 2 aliphatic rings. The van der Waals surface area contributed by atoms with Gasteiger partial charge in [0.25, 0.3) is 0 Å². The Kier molecular flexibility index (Phi) is 4.08. The number of hydrogen-bond donors (Lipinski definition) is 1. The molecule has 0 bridgehead atoms. The average molecular weight is 274 g/mol. The fourth-order valence-corrected chi connectivity index (χ4v) is 3.85. The molecule has 4 nitrogen and oxygen atoms in total. The van der Waals surface area contributed by atoms with Crippen LogP contribution in [0.1, 0.15) is 51.0 Å². The number of rotatable bonds is 3. The van der Waals surface area contributed by atoms with E-state index in [9.17, 15) is 0 Å². The normalized spacial score (nSPS) is 26.2. The van der Waals surface area contributed by atoms with Crippen LogP contribution in [0.5, 0.6) is 0 Å². The predicted octanol–water partition coefficient (Wildman–Crippen LogP) is 3.38. The summed E-state index contributed by atoms with van der Waals surface area (Å²) in [7, 11) is 0. The minimum absolute atomic E-state index is 0.709. The molecule has 1 aromatic heterocycles. The summed E-state index contributed by atoms with van der Waals surface area (Å²) in [5.74, 6) is 2.81. The second kappa shape index (κ2) is 5.98. The van der Waals surface area contributed by atoms with E-state index in [1.807, 2.05) is 6.20 Å². The van der Waals surface area contributed by atoms with Crippen molar-refractivity contribution in [2.75, 3.05) is 23.3 Å². The van der Waals surface area contributed by atoms with Crippen molar-refractivity contribution in [3.63, 3.8) is 0 Å². The molecule has 2 heterocycles. The fraction of sp³-hybridized carbons (Fsp3) is 0.750. The number of nitrogens with one attached hydrogen (secondary N) is 1. The van der Waals surface area contributed by atoms with Crippen molar-refractivity contribution in [3.8, 4) is 0 Å². The summed E-state index contributed by atoms with van der Waals surface area (Å²) in [5.41, 5.74) is 1.21. The second-order valence-corrected chi connectivity index (χ2v) is 6.18. The summed E-state index contributed by atoms with van der Waals surface area (Å²) in [6.07, 6.45) is 10.2. The maximum absolute atomic E-state index is 4.78.